The summed E-state index contributed by atoms with van der Waals surface area (Å²) in [6, 6.07) is 0. The molecule has 0 aromatic heterocycles. The van der Waals surface area contributed by atoms with E-state index in [2.05, 4.69) is 10.4 Å². The number of aliphatic imine (C=N–C) groups is 1. The quantitative estimate of drug-likeness (QED) is 0.0853. The van der Waals surface area contributed by atoms with E-state index in [4.69, 9.17) is 25.4 Å². The van der Waals surface area contributed by atoms with E-state index in [0.29, 0.717) is 0 Å². The summed E-state index contributed by atoms with van der Waals surface area (Å²) in [5, 5.41) is -1.96. The summed E-state index contributed by atoms with van der Waals surface area (Å²) in [6.07, 6.45) is 1.000. The van der Waals surface area contributed by atoms with Crippen LogP contribution in [0.3, 0.4) is 0 Å². The largest absolute Gasteiger partial charge is 0.340 e. The van der Waals surface area contributed by atoms with Crippen molar-refractivity contribution in [3.05, 3.63) is 0 Å². The van der Waals surface area contributed by atoms with E-state index < -0.39 is 20.6 Å². The van der Waals surface area contributed by atoms with E-state index in [0.717, 1.165) is 0 Å². The highest BCUT2D eigenvalue weighted by atomic mass is 31.2. The van der Waals surface area contributed by atoms with Gasteiger partial charge in [-0.05, 0) is 12.8 Å². The van der Waals surface area contributed by atoms with Crippen LogP contribution in [-0.4, -0.2) is 37.9 Å². The number of hydrogen-bond donors (Lipinski definition) is 6. The van der Waals surface area contributed by atoms with Gasteiger partial charge in [-0.2, -0.15) is 0 Å². The van der Waals surface area contributed by atoms with Crippen molar-refractivity contribution in [3.8, 4) is 0 Å². The third-order valence-corrected chi connectivity index (χ3v) is 5.57. The van der Waals surface area contributed by atoms with Crippen molar-refractivity contribution in [3.63, 3.8) is 0 Å². The molecule has 0 aliphatic rings. The molecule has 0 amide bonds. The van der Waals surface area contributed by atoms with Crippen LogP contribution < -0.4 is 11.3 Å². The lowest BCUT2D eigenvalue weighted by atomic mass is 10.3. The Labute approximate surface area is 92.1 Å². The summed E-state index contributed by atoms with van der Waals surface area (Å²) < 4.78 is 21.7. The van der Waals surface area contributed by atoms with Gasteiger partial charge in [-0.1, -0.05) is 0 Å². The second-order valence-electron chi connectivity index (χ2n) is 3.00. The normalized spacial score (nSPS) is 13.6. The fraction of sp³-hybridized carbons (Fsp3) is 0.800. The van der Waals surface area contributed by atoms with Crippen LogP contribution >= 0.6 is 15.2 Å². The molecular formula is C5H15N3O6P2. The van der Waals surface area contributed by atoms with Gasteiger partial charge >= 0.3 is 15.2 Å². The molecule has 0 aromatic rings. The molecule has 0 aliphatic carbocycles. The summed E-state index contributed by atoms with van der Waals surface area (Å²) in [5.41, 5.74) is 2.12. The SMILES string of the molecule is NNC=NCCCC(P(=O)(O)O)P(=O)(O)O. The number of hydrogen-bond acceptors (Lipinski definition) is 4. The van der Waals surface area contributed by atoms with Crippen molar-refractivity contribution in [2.24, 2.45) is 10.8 Å². The van der Waals surface area contributed by atoms with Crippen LogP contribution in [0, 0.1) is 0 Å². The molecule has 0 heterocycles. The maximum Gasteiger partial charge on any atom is 0.340 e. The molecule has 0 bridgehead atoms. The van der Waals surface area contributed by atoms with E-state index in [9.17, 15) is 9.13 Å². The summed E-state index contributed by atoms with van der Waals surface area (Å²) >= 11 is 0. The monoisotopic (exact) mass is 275 g/mol. The van der Waals surface area contributed by atoms with E-state index in [1.807, 2.05) is 0 Å². The molecule has 96 valence electrons. The number of rotatable bonds is 7. The Hall–Kier alpha value is -0.270. The molecule has 0 spiro atoms. The molecule has 0 atom stereocenters. The second-order valence-corrected chi connectivity index (χ2v) is 7.01. The van der Waals surface area contributed by atoms with Gasteiger partial charge in [0.05, 0.1) is 6.34 Å². The molecule has 0 rings (SSSR count). The average Bonchev–Trinajstić information content (AvgIpc) is 2.06. The van der Waals surface area contributed by atoms with Gasteiger partial charge < -0.3 is 25.0 Å². The third kappa shape index (κ3) is 6.34. The summed E-state index contributed by atoms with van der Waals surface area (Å²) in [5.74, 6) is 4.86. The van der Waals surface area contributed by atoms with Crippen LogP contribution in [0.25, 0.3) is 0 Å². The van der Waals surface area contributed by atoms with Gasteiger partial charge in [0.1, 0.15) is 0 Å². The molecule has 0 radical (unpaired) electrons. The first-order valence-electron chi connectivity index (χ1n) is 4.24. The van der Waals surface area contributed by atoms with Crippen LogP contribution in [0.4, 0.5) is 0 Å². The molecular weight excluding hydrogens is 260 g/mol. The number of nitrogens with one attached hydrogen (secondary N) is 1. The minimum Gasteiger partial charge on any atom is -0.324 e. The molecule has 0 saturated carbocycles. The predicted octanol–water partition coefficient (Wildman–Crippen LogP) is -1.06. The van der Waals surface area contributed by atoms with Crippen molar-refractivity contribution >= 4 is 21.5 Å². The van der Waals surface area contributed by atoms with Crippen molar-refractivity contribution in [2.45, 2.75) is 18.2 Å². The van der Waals surface area contributed by atoms with Crippen LogP contribution in [0.5, 0.6) is 0 Å². The fourth-order valence-corrected chi connectivity index (χ4v) is 3.62. The maximum absolute atomic E-state index is 10.8. The molecule has 7 N–H and O–H groups in total. The lowest BCUT2D eigenvalue weighted by molar-refractivity contribution is 0.334. The van der Waals surface area contributed by atoms with Crippen LogP contribution in [-0.2, 0) is 9.13 Å². The molecule has 0 aliphatic heterocycles. The van der Waals surface area contributed by atoms with E-state index in [-0.39, 0.29) is 19.4 Å². The van der Waals surface area contributed by atoms with Crippen molar-refractivity contribution in [1.82, 2.24) is 5.43 Å². The van der Waals surface area contributed by atoms with Crippen molar-refractivity contribution in [2.75, 3.05) is 6.54 Å². The first-order valence-corrected chi connectivity index (χ1v) is 7.60. The number of hydrazine groups is 1. The highest BCUT2D eigenvalue weighted by molar-refractivity contribution is 7.70. The van der Waals surface area contributed by atoms with E-state index in [1.165, 1.54) is 6.34 Å². The van der Waals surface area contributed by atoms with E-state index in [1.54, 1.807) is 0 Å². The Morgan fingerprint density at radius 1 is 1.25 bits per heavy atom. The zero-order valence-corrected chi connectivity index (χ0v) is 10.1. The maximum atomic E-state index is 10.8. The first kappa shape index (κ1) is 15.7. The minimum absolute atomic E-state index is 0.138. The number of nitrogens with zero attached hydrogens (tertiary/aromatic N) is 1. The molecule has 0 saturated heterocycles. The van der Waals surface area contributed by atoms with Crippen LogP contribution in [0.1, 0.15) is 12.8 Å². The zero-order valence-electron chi connectivity index (χ0n) is 8.30. The van der Waals surface area contributed by atoms with E-state index >= 15 is 0 Å². The second kappa shape index (κ2) is 6.46. The predicted molar refractivity (Wildman–Crippen MR) is 57.8 cm³/mol. The standard InChI is InChI=1S/C5H15N3O6P2/c6-8-4-7-3-1-2-5(15(9,10)11)16(12,13)14/h4-5H,1-3,6H2,(H,7,8)(H2,9,10,11)(H2,12,13,14). The van der Waals surface area contributed by atoms with Gasteiger partial charge in [0.15, 0.2) is 5.40 Å². The topological polar surface area (TPSA) is 165 Å². The molecule has 0 unspecified atom stereocenters. The van der Waals surface area contributed by atoms with Gasteiger partial charge in [0, 0.05) is 6.54 Å². The fourth-order valence-electron chi connectivity index (χ4n) is 1.01. The smallest absolute Gasteiger partial charge is 0.324 e. The molecule has 11 heteroatoms. The average molecular weight is 275 g/mol. The Bertz CT molecular complexity index is 300. The summed E-state index contributed by atoms with van der Waals surface area (Å²) in [4.78, 5) is 38.7. The summed E-state index contributed by atoms with van der Waals surface area (Å²) in [7, 11) is -9.62. The third-order valence-electron chi connectivity index (χ3n) is 1.69. The van der Waals surface area contributed by atoms with Gasteiger partial charge in [0.25, 0.3) is 0 Å². The molecule has 9 nitrogen and oxygen atoms in total. The minimum atomic E-state index is -4.81. The zero-order chi connectivity index (χ0) is 12.8. The van der Waals surface area contributed by atoms with Crippen molar-refractivity contribution in [1.29, 1.82) is 0 Å². The Morgan fingerprint density at radius 2 is 1.75 bits per heavy atom. The molecule has 0 aromatic carbocycles. The Kier molecular flexibility index (Phi) is 6.35. The number of nitrogens with two attached hydrogens (primary N) is 1. The van der Waals surface area contributed by atoms with Crippen molar-refractivity contribution < 1.29 is 28.7 Å². The lowest BCUT2D eigenvalue weighted by Gasteiger charge is -2.18. The van der Waals surface area contributed by atoms with Gasteiger partial charge in [-0.3, -0.25) is 14.1 Å². The Morgan fingerprint density at radius 3 is 2.12 bits per heavy atom. The van der Waals surface area contributed by atoms with Crippen LogP contribution in [0.15, 0.2) is 4.99 Å². The van der Waals surface area contributed by atoms with Gasteiger partial charge in [-0.15, -0.1) is 0 Å². The molecule has 0 fully saturated rings. The van der Waals surface area contributed by atoms with Crippen LogP contribution in [0.2, 0.25) is 0 Å². The van der Waals surface area contributed by atoms with Gasteiger partial charge in [-0.25, -0.2) is 5.84 Å². The highest BCUT2D eigenvalue weighted by Crippen LogP contribution is 2.61. The first-order chi connectivity index (χ1) is 7.19. The molecule has 16 heavy (non-hydrogen) atoms. The highest BCUT2D eigenvalue weighted by Gasteiger charge is 2.42. The van der Waals surface area contributed by atoms with Gasteiger partial charge in [0.2, 0.25) is 0 Å². The summed E-state index contributed by atoms with van der Waals surface area (Å²) in [6.45, 7) is 0.167. The Balaban J connectivity index is 4.32. The lowest BCUT2D eigenvalue weighted by Crippen LogP contribution is -2.19.